The molecule has 29 heavy (non-hydrogen) atoms. The van der Waals surface area contributed by atoms with E-state index in [9.17, 15) is 5.02 Å². The molecule has 144 valence electrons. The summed E-state index contributed by atoms with van der Waals surface area (Å²) in [6.45, 7) is -0.0473. The maximum atomic E-state index is 10.3. The van der Waals surface area contributed by atoms with Crippen LogP contribution in [0.1, 0.15) is 5.89 Å². The minimum Gasteiger partial charge on any atom is -0.423 e. The van der Waals surface area contributed by atoms with Crippen molar-refractivity contribution in [3.05, 3.63) is 71.9 Å². The molecule has 2 aromatic heterocycles. The largest absolute Gasteiger partial charge is 0.491 e. The van der Waals surface area contributed by atoms with Gasteiger partial charge in [-0.1, -0.05) is 42.5 Å². The molecule has 4 rings (SSSR count). The zero-order chi connectivity index (χ0) is 20.2. The number of thiophene rings is 1. The molecule has 0 aliphatic heterocycles. The van der Waals surface area contributed by atoms with E-state index in [1.807, 2.05) is 41.8 Å². The van der Waals surface area contributed by atoms with Gasteiger partial charge in [0.05, 0.1) is 0 Å². The maximum Gasteiger partial charge on any atom is 0.491 e. The van der Waals surface area contributed by atoms with Crippen molar-refractivity contribution in [1.29, 1.82) is 0 Å². The van der Waals surface area contributed by atoms with Crippen LogP contribution in [0.15, 0.2) is 70.5 Å². The number of hydrogen-bond donors (Lipinski definition) is 3. The van der Waals surface area contributed by atoms with Crippen molar-refractivity contribution >= 4 is 36.5 Å². The van der Waals surface area contributed by atoms with Crippen LogP contribution in [0.3, 0.4) is 0 Å². The van der Waals surface area contributed by atoms with Gasteiger partial charge in [-0.05, 0) is 40.1 Å². The Balaban J connectivity index is 1.36. The molecule has 2 aromatic carbocycles. The molecule has 0 saturated carbocycles. The predicted octanol–water partition coefficient (Wildman–Crippen LogP) is 1.05. The number of benzene rings is 2. The number of hydrogen-bond acceptors (Lipinski definition) is 8. The van der Waals surface area contributed by atoms with Crippen molar-refractivity contribution in [3.8, 4) is 21.9 Å². The topological polar surface area (TPSA) is 109 Å². The van der Waals surface area contributed by atoms with Crippen LogP contribution in [0.4, 0.5) is 0 Å². The van der Waals surface area contributed by atoms with Gasteiger partial charge in [-0.25, -0.2) is 0 Å². The summed E-state index contributed by atoms with van der Waals surface area (Å²) in [5, 5.41) is 38.4. The van der Waals surface area contributed by atoms with E-state index in [0.29, 0.717) is 16.5 Å². The first-order valence-corrected chi connectivity index (χ1v) is 9.70. The summed E-state index contributed by atoms with van der Waals surface area (Å²) in [6, 6.07) is 18.0. The molecule has 2 heterocycles. The molecule has 0 unspecified atom stereocenters. The highest BCUT2D eigenvalue weighted by molar-refractivity contribution is 7.13. The summed E-state index contributed by atoms with van der Waals surface area (Å²) in [7, 11) is -2.65. The van der Waals surface area contributed by atoms with Crippen molar-refractivity contribution in [3.63, 3.8) is 0 Å². The second-order valence-electron chi connectivity index (χ2n) is 6.26. The second kappa shape index (κ2) is 8.73. The van der Waals surface area contributed by atoms with Crippen LogP contribution >= 0.6 is 11.3 Å². The summed E-state index contributed by atoms with van der Waals surface area (Å²) in [5.74, 6) is 0.498. The molecule has 3 N–H and O–H groups in total. The molecule has 0 atom stereocenters. The fraction of sp³-hybridized carbons (Fsp3) is 0.0526. The molecular formula is C19H16B2N2O5S. The molecule has 0 fully saturated rings. The van der Waals surface area contributed by atoms with Gasteiger partial charge in [0.1, 0.15) is 6.61 Å². The number of rotatable bonds is 7. The van der Waals surface area contributed by atoms with E-state index in [1.54, 1.807) is 35.6 Å². The van der Waals surface area contributed by atoms with Gasteiger partial charge in [0.25, 0.3) is 0 Å². The Hall–Kier alpha value is -2.75. The van der Waals surface area contributed by atoms with Gasteiger partial charge in [0.15, 0.2) is 0 Å². The number of aromatic nitrogens is 2. The Kier molecular flexibility index (Phi) is 5.89. The summed E-state index contributed by atoms with van der Waals surface area (Å²) >= 11 is 1.65. The van der Waals surface area contributed by atoms with Crippen molar-refractivity contribution < 1.29 is 24.1 Å². The van der Waals surface area contributed by atoms with Crippen molar-refractivity contribution in [2.75, 3.05) is 0 Å². The molecule has 4 aromatic rings. The van der Waals surface area contributed by atoms with Crippen LogP contribution < -0.4 is 10.9 Å². The lowest BCUT2D eigenvalue weighted by Crippen LogP contribution is -2.33. The number of nitrogens with zero attached hydrogens (tertiary/aromatic N) is 2. The zero-order valence-corrected chi connectivity index (χ0v) is 16.0. The van der Waals surface area contributed by atoms with Crippen molar-refractivity contribution in [2.45, 2.75) is 6.61 Å². The van der Waals surface area contributed by atoms with Crippen LogP contribution in [0.25, 0.3) is 21.9 Å². The first kappa shape index (κ1) is 19.6. The molecule has 0 saturated heterocycles. The van der Waals surface area contributed by atoms with E-state index in [4.69, 9.17) is 19.1 Å². The second-order valence-corrected chi connectivity index (χ2v) is 7.21. The van der Waals surface area contributed by atoms with Crippen LogP contribution in [0, 0.1) is 0 Å². The van der Waals surface area contributed by atoms with Gasteiger partial charge in [-0.3, -0.25) is 0 Å². The predicted molar refractivity (Wildman–Crippen MR) is 112 cm³/mol. The summed E-state index contributed by atoms with van der Waals surface area (Å²) < 4.78 is 11.0. The van der Waals surface area contributed by atoms with E-state index in [-0.39, 0.29) is 18.4 Å². The first-order chi connectivity index (χ1) is 14.1. The minimum atomic E-state index is -1.53. The molecule has 0 aliphatic rings. The third-order valence-electron chi connectivity index (χ3n) is 4.29. The Labute approximate surface area is 171 Å². The van der Waals surface area contributed by atoms with E-state index in [1.165, 1.54) is 0 Å². The highest BCUT2D eigenvalue weighted by Crippen LogP contribution is 2.23. The highest BCUT2D eigenvalue weighted by atomic mass is 32.1. The molecule has 0 aliphatic carbocycles. The average Bonchev–Trinajstić information content (AvgIpc) is 3.44. The Morgan fingerprint density at radius 2 is 1.55 bits per heavy atom. The summed E-state index contributed by atoms with van der Waals surface area (Å²) in [6.07, 6.45) is 0. The smallest absolute Gasteiger partial charge is 0.423 e. The van der Waals surface area contributed by atoms with Gasteiger partial charge >= 0.3 is 14.2 Å². The van der Waals surface area contributed by atoms with Gasteiger partial charge in [-0.2, -0.15) is 0 Å². The van der Waals surface area contributed by atoms with Crippen molar-refractivity contribution in [1.82, 2.24) is 10.2 Å². The molecule has 7 nitrogen and oxygen atoms in total. The lowest BCUT2D eigenvalue weighted by Gasteiger charge is -2.07. The van der Waals surface area contributed by atoms with Crippen LogP contribution in [-0.2, 0) is 11.3 Å². The Bertz CT molecular complexity index is 1050. The Morgan fingerprint density at radius 1 is 0.862 bits per heavy atom. The van der Waals surface area contributed by atoms with E-state index in [2.05, 4.69) is 10.2 Å². The van der Waals surface area contributed by atoms with Gasteiger partial charge in [0.2, 0.25) is 11.8 Å². The normalized spacial score (nSPS) is 10.9. The monoisotopic (exact) mass is 406 g/mol. The fourth-order valence-electron chi connectivity index (χ4n) is 2.73. The molecule has 0 amide bonds. The van der Waals surface area contributed by atoms with Gasteiger partial charge in [0, 0.05) is 10.4 Å². The quantitative estimate of drug-likeness (QED) is 0.394. The fourth-order valence-corrected chi connectivity index (χ4v) is 3.46. The zero-order valence-electron chi connectivity index (χ0n) is 15.2. The molecule has 0 bridgehead atoms. The molecule has 10 heteroatoms. The highest BCUT2D eigenvalue weighted by Gasteiger charge is 2.19. The lowest BCUT2D eigenvalue weighted by atomic mass is 9.79. The standard InChI is InChI=1S/C19H16B2N2O5S/c24-20(25)15-7-5-14(6-8-15)19-23-22-18(28-19)12-27-21(26)16-9-3-13(4-10-16)17-2-1-11-29-17/h1-11,24-26H,12H2. The third-order valence-corrected chi connectivity index (χ3v) is 5.21. The third kappa shape index (κ3) is 4.64. The van der Waals surface area contributed by atoms with Crippen molar-refractivity contribution in [2.24, 2.45) is 0 Å². The van der Waals surface area contributed by atoms with Crippen LogP contribution in [0.2, 0.25) is 0 Å². The summed E-state index contributed by atoms with van der Waals surface area (Å²) in [5.41, 5.74) is 2.71. The SMILES string of the molecule is OB(O)c1ccc(-c2nnc(COB(O)c3ccc(-c4cccs4)cc3)o2)cc1. The molecular weight excluding hydrogens is 390 g/mol. The van der Waals surface area contributed by atoms with E-state index in [0.717, 1.165) is 10.4 Å². The van der Waals surface area contributed by atoms with E-state index < -0.39 is 14.2 Å². The summed E-state index contributed by atoms with van der Waals surface area (Å²) in [4.78, 5) is 1.16. The molecule has 0 spiro atoms. The maximum absolute atomic E-state index is 10.3. The minimum absolute atomic E-state index is 0.0473. The lowest BCUT2D eigenvalue weighted by molar-refractivity contribution is 0.229. The van der Waals surface area contributed by atoms with Gasteiger partial charge in [-0.15, -0.1) is 21.5 Å². The van der Waals surface area contributed by atoms with Crippen LogP contribution in [0.5, 0.6) is 0 Å². The van der Waals surface area contributed by atoms with Gasteiger partial charge < -0.3 is 24.1 Å². The van der Waals surface area contributed by atoms with Crippen LogP contribution in [-0.4, -0.2) is 39.5 Å². The van der Waals surface area contributed by atoms with E-state index >= 15 is 0 Å². The molecule has 0 radical (unpaired) electrons. The average molecular weight is 406 g/mol. The first-order valence-electron chi connectivity index (χ1n) is 8.82. The Morgan fingerprint density at radius 3 is 2.21 bits per heavy atom.